The summed E-state index contributed by atoms with van der Waals surface area (Å²) < 4.78 is 0. The van der Waals surface area contributed by atoms with Crippen molar-refractivity contribution in [2.45, 2.75) is 60.3 Å². The van der Waals surface area contributed by atoms with E-state index in [9.17, 15) is 5.11 Å². The average Bonchev–Trinajstić information content (AvgIpc) is 2.40. The van der Waals surface area contributed by atoms with Gasteiger partial charge in [-0.25, -0.2) is 0 Å². The van der Waals surface area contributed by atoms with Gasteiger partial charge in [0.15, 0.2) is 0 Å². The van der Waals surface area contributed by atoms with Gasteiger partial charge >= 0.3 is 0 Å². The van der Waals surface area contributed by atoms with Crippen LogP contribution in [0.25, 0.3) is 0 Å². The van der Waals surface area contributed by atoms with Crippen LogP contribution in [0.2, 0.25) is 0 Å². The van der Waals surface area contributed by atoms with Crippen LogP contribution in [0.1, 0.15) is 60.3 Å². The molecule has 0 amide bonds. The monoisotopic (exact) mass is 243 g/mol. The van der Waals surface area contributed by atoms with E-state index in [1.54, 1.807) is 0 Å². The van der Waals surface area contributed by atoms with E-state index in [2.05, 4.69) is 39.5 Å². The summed E-state index contributed by atoms with van der Waals surface area (Å²) in [6.07, 6.45) is 4.66. The largest absolute Gasteiger partial charge is 0.396 e. The Kier molecular flexibility index (Phi) is 8.89. The second kappa shape index (κ2) is 8.93. The van der Waals surface area contributed by atoms with Crippen LogP contribution >= 0.6 is 0 Å². The molecule has 104 valence electrons. The molecule has 0 aromatic rings. The highest BCUT2D eigenvalue weighted by molar-refractivity contribution is 4.80. The van der Waals surface area contributed by atoms with Crippen molar-refractivity contribution in [3.63, 3.8) is 0 Å². The van der Waals surface area contributed by atoms with E-state index in [1.165, 1.54) is 19.4 Å². The molecule has 1 N–H and O–H groups in total. The van der Waals surface area contributed by atoms with Crippen LogP contribution in [0, 0.1) is 11.3 Å². The minimum atomic E-state index is 0.113. The first-order valence-corrected chi connectivity index (χ1v) is 7.44. The zero-order chi connectivity index (χ0) is 13.3. The zero-order valence-electron chi connectivity index (χ0n) is 12.6. The van der Waals surface area contributed by atoms with Gasteiger partial charge in [-0.1, -0.05) is 47.5 Å². The first-order chi connectivity index (χ1) is 8.11. The molecular formula is C15H33NO. The van der Waals surface area contributed by atoms with Crippen LogP contribution < -0.4 is 0 Å². The van der Waals surface area contributed by atoms with Gasteiger partial charge in [0.05, 0.1) is 0 Å². The minimum Gasteiger partial charge on any atom is -0.396 e. The summed E-state index contributed by atoms with van der Waals surface area (Å²) in [5, 5.41) is 9.64. The Morgan fingerprint density at radius 3 is 1.82 bits per heavy atom. The molecule has 0 aromatic heterocycles. The molecule has 0 aliphatic heterocycles. The maximum atomic E-state index is 9.64. The van der Waals surface area contributed by atoms with Gasteiger partial charge in [-0.15, -0.1) is 0 Å². The van der Waals surface area contributed by atoms with E-state index in [0.717, 1.165) is 31.8 Å². The summed E-state index contributed by atoms with van der Waals surface area (Å²) in [5.41, 5.74) is 0.113. The Morgan fingerprint density at radius 2 is 1.53 bits per heavy atom. The average molecular weight is 243 g/mol. The lowest BCUT2D eigenvalue weighted by Crippen LogP contribution is -2.41. The predicted molar refractivity (Wildman–Crippen MR) is 76.3 cm³/mol. The molecule has 0 bridgehead atoms. The second-order valence-corrected chi connectivity index (χ2v) is 5.38. The fourth-order valence-corrected chi connectivity index (χ4v) is 2.44. The number of hydrogen-bond donors (Lipinski definition) is 1. The molecule has 0 rings (SSSR count). The van der Waals surface area contributed by atoms with Gasteiger partial charge < -0.3 is 10.0 Å². The van der Waals surface area contributed by atoms with Crippen LogP contribution in [0.15, 0.2) is 0 Å². The number of hydrogen-bond acceptors (Lipinski definition) is 2. The van der Waals surface area contributed by atoms with Crippen molar-refractivity contribution in [2.75, 3.05) is 26.2 Å². The van der Waals surface area contributed by atoms with Gasteiger partial charge in [0.25, 0.3) is 0 Å². The third kappa shape index (κ3) is 5.39. The third-order valence-electron chi connectivity index (χ3n) is 4.51. The van der Waals surface area contributed by atoms with Gasteiger partial charge in [-0.3, -0.25) is 0 Å². The molecule has 0 fully saturated rings. The molecule has 0 unspecified atom stereocenters. The van der Waals surface area contributed by atoms with Gasteiger partial charge in [0, 0.05) is 25.1 Å². The van der Waals surface area contributed by atoms with Crippen LogP contribution in [-0.2, 0) is 0 Å². The molecule has 0 aliphatic rings. The van der Waals surface area contributed by atoms with E-state index in [1.807, 2.05) is 0 Å². The highest BCUT2D eigenvalue weighted by Gasteiger charge is 2.28. The Bertz CT molecular complexity index is 165. The Labute approximate surface area is 108 Å². The SMILES string of the molecule is CCC(CC)CN(CC)CC(CC)(CC)CO. The fraction of sp³-hybridized carbons (Fsp3) is 1.00. The van der Waals surface area contributed by atoms with Gasteiger partial charge in [-0.05, 0) is 25.3 Å². The molecule has 2 nitrogen and oxygen atoms in total. The van der Waals surface area contributed by atoms with Gasteiger partial charge in [-0.2, -0.15) is 0 Å². The molecule has 0 aromatic carbocycles. The molecule has 0 heterocycles. The lowest BCUT2D eigenvalue weighted by Gasteiger charge is -2.36. The van der Waals surface area contributed by atoms with E-state index < -0.39 is 0 Å². The maximum Gasteiger partial charge on any atom is 0.0499 e. The van der Waals surface area contributed by atoms with Crippen LogP contribution in [0.5, 0.6) is 0 Å². The van der Waals surface area contributed by atoms with Crippen molar-refractivity contribution in [3.8, 4) is 0 Å². The molecule has 0 saturated heterocycles. The van der Waals surface area contributed by atoms with Gasteiger partial charge in [0.2, 0.25) is 0 Å². The van der Waals surface area contributed by atoms with Crippen LogP contribution in [0.4, 0.5) is 0 Å². The molecule has 0 spiro atoms. The normalized spacial score (nSPS) is 12.7. The number of nitrogens with zero attached hydrogens (tertiary/aromatic N) is 1. The lowest BCUT2D eigenvalue weighted by molar-refractivity contribution is 0.0606. The molecule has 0 radical (unpaired) electrons. The van der Waals surface area contributed by atoms with Gasteiger partial charge in [0.1, 0.15) is 0 Å². The third-order valence-corrected chi connectivity index (χ3v) is 4.51. The standard InChI is InChI=1S/C15H33NO/c1-6-14(7-2)11-16(10-5)12-15(8-3,9-4)13-17/h14,17H,6-13H2,1-5H3. The maximum absolute atomic E-state index is 9.64. The predicted octanol–water partition coefficient (Wildman–Crippen LogP) is 3.54. The Morgan fingerprint density at radius 1 is 1.00 bits per heavy atom. The Hall–Kier alpha value is -0.0800. The van der Waals surface area contributed by atoms with E-state index in [4.69, 9.17) is 0 Å². The molecule has 0 saturated carbocycles. The zero-order valence-corrected chi connectivity index (χ0v) is 12.6. The molecule has 2 heteroatoms. The number of rotatable bonds is 10. The van der Waals surface area contributed by atoms with Crippen molar-refractivity contribution in [1.29, 1.82) is 0 Å². The lowest BCUT2D eigenvalue weighted by atomic mass is 9.82. The van der Waals surface area contributed by atoms with Crippen molar-refractivity contribution in [2.24, 2.45) is 11.3 Å². The summed E-state index contributed by atoms with van der Waals surface area (Å²) in [7, 11) is 0. The van der Waals surface area contributed by atoms with Crippen LogP contribution in [0.3, 0.4) is 0 Å². The summed E-state index contributed by atoms with van der Waals surface area (Å²) >= 11 is 0. The Balaban J connectivity index is 4.45. The number of aliphatic hydroxyl groups is 1. The summed E-state index contributed by atoms with van der Waals surface area (Å²) in [6, 6.07) is 0. The second-order valence-electron chi connectivity index (χ2n) is 5.38. The fourth-order valence-electron chi connectivity index (χ4n) is 2.44. The summed E-state index contributed by atoms with van der Waals surface area (Å²) in [5.74, 6) is 0.806. The van der Waals surface area contributed by atoms with Crippen LogP contribution in [-0.4, -0.2) is 36.2 Å². The highest BCUT2D eigenvalue weighted by Crippen LogP contribution is 2.27. The molecule has 0 atom stereocenters. The van der Waals surface area contributed by atoms with E-state index >= 15 is 0 Å². The van der Waals surface area contributed by atoms with E-state index in [0.29, 0.717) is 6.61 Å². The minimum absolute atomic E-state index is 0.113. The number of aliphatic hydroxyl groups excluding tert-OH is 1. The van der Waals surface area contributed by atoms with Crippen molar-refractivity contribution in [1.82, 2.24) is 4.90 Å². The van der Waals surface area contributed by atoms with Crippen molar-refractivity contribution >= 4 is 0 Å². The first kappa shape index (κ1) is 16.9. The highest BCUT2D eigenvalue weighted by atomic mass is 16.3. The molecule has 17 heavy (non-hydrogen) atoms. The van der Waals surface area contributed by atoms with E-state index in [-0.39, 0.29) is 5.41 Å². The quantitative estimate of drug-likeness (QED) is 0.634. The smallest absolute Gasteiger partial charge is 0.0499 e. The van der Waals surface area contributed by atoms with Crippen molar-refractivity contribution in [3.05, 3.63) is 0 Å². The summed E-state index contributed by atoms with van der Waals surface area (Å²) in [6.45, 7) is 14.8. The summed E-state index contributed by atoms with van der Waals surface area (Å²) in [4.78, 5) is 2.53. The molecular weight excluding hydrogens is 210 g/mol. The molecule has 0 aliphatic carbocycles. The van der Waals surface area contributed by atoms with Crippen molar-refractivity contribution < 1.29 is 5.11 Å². The first-order valence-electron chi connectivity index (χ1n) is 7.44. The topological polar surface area (TPSA) is 23.5 Å².